The largest absolute Gasteiger partial charge is 0.460 e. The first kappa shape index (κ1) is 10.9. The van der Waals surface area contributed by atoms with Crippen molar-refractivity contribution in [1.82, 2.24) is 0 Å². The topological polar surface area (TPSA) is 43.4 Å². The quantitative estimate of drug-likeness (QED) is 0.552. The fraction of sp³-hybridized carbons (Fsp3) is 0.400. The number of aryl methyl sites for hydroxylation is 1. The van der Waals surface area contributed by atoms with Crippen LogP contribution in [0.2, 0.25) is 0 Å². The predicted molar refractivity (Wildman–Crippen MR) is 54.3 cm³/mol. The van der Waals surface area contributed by atoms with E-state index >= 15 is 0 Å². The van der Waals surface area contributed by atoms with Gasteiger partial charge in [-0.1, -0.05) is 6.07 Å². The minimum atomic E-state index is -0.718. The van der Waals surface area contributed by atoms with Crippen LogP contribution in [0.1, 0.15) is 18.2 Å². The van der Waals surface area contributed by atoms with E-state index in [0.29, 0.717) is 6.42 Å². The van der Waals surface area contributed by atoms with Crippen LogP contribution in [0.25, 0.3) is 0 Å². The van der Waals surface area contributed by atoms with Gasteiger partial charge in [0.15, 0.2) is 0 Å². The standard InChI is InChI=1S/C10H12O3S/c1-2-13-10(12)9(11)6-5-8-4-3-7-14-8/h3-4,7H,2,5-6H2,1H3. The molecule has 3 nitrogen and oxygen atoms in total. The predicted octanol–water partition coefficient (Wildman–Crippen LogP) is 1.81. The number of ether oxygens (including phenoxy) is 1. The smallest absolute Gasteiger partial charge is 0.374 e. The third-order valence-corrected chi connectivity index (χ3v) is 2.62. The molecule has 0 aliphatic rings. The molecule has 0 unspecified atom stereocenters. The van der Waals surface area contributed by atoms with Gasteiger partial charge in [0.2, 0.25) is 5.78 Å². The van der Waals surface area contributed by atoms with Crippen molar-refractivity contribution >= 4 is 23.1 Å². The van der Waals surface area contributed by atoms with Gasteiger partial charge in [-0.2, -0.15) is 0 Å². The molecule has 0 saturated carbocycles. The Morgan fingerprint density at radius 3 is 2.86 bits per heavy atom. The van der Waals surface area contributed by atoms with Crippen LogP contribution >= 0.6 is 11.3 Å². The Morgan fingerprint density at radius 2 is 2.29 bits per heavy atom. The van der Waals surface area contributed by atoms with E-state index in [2.05, 4.69) is 4.74 Å². The highest BCUT2D eigenvalue weighted by Gasteiger charge is 2.14. The Morgan fingerprint density at radius 1 is 1.50 bits per heavy atom. The molecule has 0 N–H and O–H groups in total. The maximum atomic E-state index is 11.2. The molecule has 1 aromatic rings. The third kappa shape index (κ3) is 3.30. The Hall–Kier alpha value is -1.16. The van der Waals surface area contributed by atoms with Gasteiger partial charge in [0.25, 0.3) is 0 Å². The monoisotopic (exact) mass is 212 g/mol. The molecular weight excluding hydrogens is 200 g/mol. The molecule has 14 heavy (non-hydrogen) atoms. The van der Waals surface area contributed by atoms with E-state index in [9.17, 15) is 9.59 Å². The third-order valence-electron chi connectivity index (χ3n) is 1.68. The Labute approximate surface area is 86.7 Å². The van der Waals surface area contributed by atoms with Crippen molar-refractivity contribution in [3.05, 3.63) is 22.4 Å². The molecule has 1 rings (SSSR count). The minimum absolute atomic E-state index is 0.235. The van der Waals surface area contributed by atoms with E-state index < -0.39 is 11.8 Å². The summed E-state index contributed by atoms with van der Waals surface area (Å²) in [6.45, 7) is 1.94. The number of Topliss-reactive ketones (excluding diaryl/α,β-unsaturated/α-hetero) is 1. The molecule has 0 radical (unpaired) electrons. The van der Waals surface area contributed by atoms with E-state index in [0.717, 1.165) is 4.88 Å². The van der Waals surface area contributed by atoms with Crippen LogP contribution in [0.5, 0.6) is 0 Å². The van der Waals surface area contributed by atoms with Gasteiger partial charge in [-0.15, -0.1) is 11.3 Å². The highest BCUT2D eigenvalue weighted by atomic mass is 32.1. The molecule has 0 atom stereocenters. The summed E-state index contributed by atoms with van der Waals surface area (Å²) in [5.41, 5.74) is 0. The van der Waals surface area contributed by atoms with Crippen LogP contribution in [0, 0.1) is 0 Å². The molecule has 0 aromatic carbocycles. The molecule has 0 fully saturated rings. The number of ketones is 1. The van der Waals surface area contributed by atoms with E-state index in [-0.39, 0.29) is 13.0 Å². The zero-order chi connectivity index (χ0) is 10.4. The molecule has 0 aliphatic heterocycles. The van der Waals surface area contributed by atoms with Gasteiger partial charge in [0.1, 0.15) is 0 Å². The molecule has 0 saturated heterocycles. The first-order valence-electron chi connectivity index (χ1n) is 4.46. The Bertz CT molecular complexity index is 303. The SMILES string of the molecule is CCOC(=O)C(=O)CCc1cccs1. The summed E-state index contributed by atoms with van der Waals surface area (Å²) in [5.74, 6) is -1.16. The van der Waals surface area contributed by atoms with Gasteiger partial charge in [-0.25, -0.2) is 4.79 Å². The lowest BCUT2D eigenvalue weighted by Crippen LogP contribution is -2.17. The van der Waals surface area contributed by atoms with Gasteiger partial charge in [-0.05, 0) is 24.8 Å². The second-order valence-corrected chi connectivity index (χ2v) is 3.76. The van der Waals surface area contributed by atoms with Crippen molar-refractivity contribution in [2.45, 2.75) is 19.8 Å². The van der Waals surface area contributed by atoms with E-state index in [1.165, 1.54) is 0 Å². The van der Waals surface area contributed by atoms with Crippen LogP contribution < -0.4 is 0 Å². The maximum absolute atomic E-state index is 11.2. The number of rotatable bonds is 5. The van der Waals surface area contributed by atoms with Crippen LogP contribution in [-0.4, -0.2) is 18.4 Å². The van der Waals surface area contributed by atoms with Gasteiger partial charge in [-0.3, -0.25) is 4.79 Å². The number of thiophene rings is 1. The van der Waals surface area contributed by atoms with Crippen molar-refractivity contribution in [3.8, 4) is 0 Å². The van der Waals surface area contributed by atoms with Crippen LogP contribution in [-0.2, 0) is 20.7 Å². The first-order chi connectivity index (χ1) is 6.74. The molecule has 0 spiro atoms. The second-order valence-electron chi connectivity index (χ2n) is 2.72. The summed E-state index contributed by atoms with van der Waals surface area (Å²) in [6, 6.07) is 3.87. The van der Waals surface area contributed by atoms with Crippen LogP contribution in [0.3, 0.4) is 0 Å². The summed E-state index contributed by atoms with van der Waals surface area (Å²) in [7, 11) is 0. The summed E-state index contributed by atoms with van der Waals surface area (Å²) in [5, 5.41) is 1.95. The highest BCUT2D eigenvalue weighted by molar-refractivity contribution is 7.09. The molecule has 76 valence electrons. The highest BCUT2D eigenvalue weighted by Crippen LogP contribution is 2.11. The minimum Gasteiger partial charge on any atom is -0.460 e. The number of esters is 1. The molecular formula is C10H12O3S. The van der Waals surface area contributed by atoms with Crippen molar-refractivity contribution in [1.29, 1.82) is 0 Å². The van der Waals surface area contributed by atoms with Gasteiger partial charge in [0.05, 0.1) is 6.61 Å². The first-order valence-corrected chi connectivity index (χ1v) is 5.34. The normalized spacial score (nSPS) is 9.79. The van der Waals surface area contributed by atoms with Crippen LogP contribution in [0.4, 0.5) is 0 Å². The number of hydrogen-bond acceptors (Lipinski definition) is 4. The maximum Gasteiger partial charge on any atom is 0.374 e. The molecule has 4 heteroatoms. The fourth-order valence-electron chi connectivity index (χ4n) is 1.01. The number of carbonyl (C=O) groups is 2. The number of carbonyl (C=O) groups excluding carboxylic acids is 2. The summed E-state index contributed by atoms with van der Waals surface area (Å²) in [4.78, 5) is 23.2. The van der Waals surface area contributed by atoms with Crippen molar-refractivity contribution < 1.29 is 14.3 Å². The van der Waals surface area contributed by atoms with E-state index in [1.54, 1.807) is 18.3 Å². The fourth-order valence-corrected chi connectivity index (χ4v) is 1.71. The van der Waals surface area contributed by atoms with Crippen molar-refractivity contribution in [2.75, 3.05) is 6.61 Å². The van der Waals surface area contributed by atoms with Gasteiger partial charge < -0.3 is 4.74 Å². The van der Waals surface area contributed by atoms with Crippen LogP contribution in [0.15, 0.2) is 17.5 Å². The second kappa shape index (κ2) is 5.54. The molecule has 0 amide bonds. The van der Waals surface area contributed by atoms with Gasteiger partial charge in [0, 0.05) is 11.3 Å². The lowest BCUT2D eigenvalue weighted by molar-refractivity contribution is -0.153. The summed E-state index contributed by atoms with van der Waals surface area (Å²) in [6.07, 6.45) is 0.856. The van der Waals surface area contributed by atoms with E-state index in [1.807, 2.05) is 17.5 Å². The van der Waals surface area contributed by atoms with E-state index in [4.69, 9.17) is 0 Å². The lowest BCUT2D eigenvalue weighted by atomic mass is 10.2. The number of hydrogen-bond donors (Lipinski definition) is 0. The van der Waals surface area contributed by atoms with Gasteiger partial charge >= 0.3 is 5.97 Å². The summed E-state index contributed by atoms with van der Waals surface area (Å²) >= 11 is 1.59. The summed E-state index contributed by atoms with van der Waals surface area (Å²) < 4.78 is 4.59. The zero-order valence-electron chi connectivity index (χ0n) is 7.99. The molecule has 1 aromatic heterocycles. The Balaban J connectivity index is 2.31. The van der Waals surface area contributed by atoms with Crippen molar-refractivity contribution in [2.24, 2.45) is 0 Å². The van der Waals surface area contributed by atoms with Crippen molar-refractivity contribution in [3.63, 3.8) is 0 Å². The Kier molecular flexibility index (Phi) is 4.32. The zero-order valence-corrected chi connectivity index (χ0v) is 8.80. The lowest BCUT2D eigenvalue weighted by Gasteiger charge is -1.99. The molecule has 1 heterocycles. The molecule has 0 aliphatic carbocycles. The average molecular weight is 212 g/mol. The average Bonchev–Trinajstić information content (AvgIpc) is 2.67. The molecule has 0 bridgehead atoms.